The van der Waals surface area contributed by atoms with Crippen LogP contribution in [0.4, 0.5) is 10.1 Å². The van der Waals surface area contributed by atoms with Crippen LogP contribution in [-0.2, 0) is 14.4 Å². The maximum Gasteiger partial charge on any atom is 0.309 e. The van der Waals surface area contributed by atoms with Gasteiger partial charge in [0.2, 0.25) is 5.91 Å². The van der Waals surface area contributed by atoms with E-state index in [1.165, 1.54) is 12.1 Å². The number of benzene rings is 1. The van der Waals surface area contributed by atoms with E-state index in [0.717, 1.165) is 50.6 Å². The number of hydrogen-bond donors (Lipinski definition) is 2. The van der Waals surface area contributed by atoms with Crippen LogP contribution in [0.2, 0.25) is 0 Å². The SMILES string of the molecule is O=C(NCCCN1CCCC1=O)C(=O)NC[C@@H](c1ccco1)N1CCN(c2ccc(F)cc2)CC1. The number of nitrogens with zero attached hydrogens (tertiary/aromatic N) is 3. The molecule has 2 fully saturated rings. The highest BCUT2D eigenvalue weighted by Crippen LogP contribution is 2.24. The lowest BCUT2D eigenvalue weighted by Crippen LogP contribution is -2.50. The molecule has 1 aromatic carbocycles. The molecule has 1 atom stereocenters. The number of anilines is 1. The number of rotatable bonds is 9. The molecule has 0 aliphatic carbocycles. The van der Waals surface area contributed by atoms with Crippen LogP contribution < -0.4 is 15.5 Å². The number of amides is 3. The molecule has 2 aliphatic rings. The molecular formula is C25H32FN5O4. The van der Waals surface area contributed by atoms with Crippen molar-refractivity contribution in [2.24, 2.45) is 0 Å². The highest BCUT2D eigenvalue weighted by Gasteiger charge is 2.28. The first-order valence-electron chi connectivity index (χ1n) is 12.1. The van der Waals surface area contributed by atoms with Crippen LogP contribution in [0.5, 0.6) is 0 Å². The van der Waals surface area contributed by atoms with Crippen LogP contribution in [0, 0.1) is 5.82 Å². The number of piperazine rings is 1. The maximum absolute atomic E-state index is 13.2. The third-order valence-corrected chi connectivity index (χ3v) is 6.54. The van der Waals surface area contributed by atoms with Crippen molar-refractivity contribution in [3.8, 4) is 0 Å². The van der Waals surface area contributed by atoms with Crippen molar-refractivity contribution in [1.82, 2.24) is 20.4 Å². The zero-order chi connectivity index (χ0) is 24.6. The van der Waals surface area contributed by atoms with Gasteiger partial charge in [-0.1, -0.05) is 0 Å². The number of nitrogens with one attached hydrogen (secondary N) is 2. The summed E-state index contributed by atoms with van der Waals surface area (Å²) in [5.74, 6) is -0.764. The third-order valence-electron chi connectivity index (χ3n) is 6.54. The van der Waals surface area contributed by atoms with E-state index in [0.29, 0.717) is 25.9 Å². The van der Waals surface area contributed by atoms with Gasteiger partial charge in [0.15, 0.2) is 0 Å². The number of halogens is 1. The molecule has 2 saturated heterocycles. The van der Waals surface area contributed by atoms with E-state index in [4.69, 9.17) is 4.42 Å². The molecule has 1 aromatic heterocycles. The summed E-state index contributed by atoms with van der Waals surface area (Å²) >= 11 is 0. The molecular weight excluding hydrogens is 453 g/mol. The molecule has 2 aliphatic heterocycles. The van der Waals surface area contributed by atoms with Gasteiger partial charge in [-0.15, -0.1) is 0 Å². The second kappa shape index (κ2) is 11.8. The lowest BCUT2D eigenvalue weighted by molar-refractivity contribution is -0.139. The van der Waals surface area contributed by atoms with Crippen LogP contribution in [0.25, 0.3) is 0 Å². The number of hydrogen-bond acceptors (Lipinski definition) is 6. The Kier molecular flexibility index (Phi) is 8.36. The van der Waals surface area contributed by atoms with Gasteiger partial charge < -0.3 is 24.9 Å². The summed E-state index contributed by atoms with van der Waals surface area (Å²) in [6, 6.07) is 9.92. The van der Waals surface area contributed by atoms with Gasteiger partial charge in [0.05, 0.1) is 12.3 Å². The van der Waals surface area contributed by atoms with Crippen molar-refractivity contribution < 1.29 is 23.2 Å². The fourth-order valence-corrected chi connectivity index (χ4v) is 4.60. The highest BCUT2D eigenvalue weighted by atomic mass is 19.1. The molecule has 4 rings (SSSR count). The number of carbonyl (C=O) groups excluding carboxylic acids is 3. The van der Waals surface area contributed by atoms with Crippen molar-refractivity contribution in [3.05, 3.63) is 54.2 Å². The molecule has 3 heterocycles. The van der Waals surface area contributed by atoms with E-state index < -0.39 is 11.8 Å². The molecule has 188 valence electrons. The van der Waals surface area contributed by atoms with Crippen molar-refractivity contribution in [1.29, 1.82) is 0 Å². The largest absolute Gasteiger partial charge is 0.468 e. The predicted octanol–water partition coefficient (Wildman–Crippen LogP) is 1.53. The molecule has 0 radical (unpaired) electrons. The van der Waals surface area contributed by atoms with Gasteiger partial charge in [-0.25, -0.2) is 4.39 Å². The Labute approximate surface area is 204 Å². The number of furan rings is 1. The molecule has 0 spiro atoms. The number of carbonyl (C=O) groups is 3. The lowest BCUT2D eigenvalue weighted by atomic mass is 10.1. The first-order chi connectivity index (χ1) is 17.0. The first-order valence-corrected chi connectivity index (χ1v) is 12.1. The monoisotopic (exact) mass is 485 g/mol. The summed E-state index contributed by atoms with van der Waals surface area (Å²) in [6.07, 6.45) is 3.67. The van der Waals surface area contributed by atoms with Crippen molar-refractivity contribution in [2.45, 2.75) is 25.3 Å². The average molecular weight is 486 g/mol. The first kappa shape index (κ1) is 24.7. The average Bonchev–Trinajstić information content (AvgIpc) is 3.55. The Hall–Kier alpha value is -3.40. The fourth-order valence-electron chi connectivity index (χ4n) is 4.60. The zero-order valence-corrected chi connectivity index (χ0v) is 19.7. The molecule has 0 saturated carbocycles. The summed E-state index contributed by atoms with van der Waals surface area (Å²) in [6.45, 7) is 4.86. The smallest absolute Gasteiger partial charge is 0.309 e. The Morgan fingerprint density at radius 2 is 1.74 bits per heavy atom. The molecule has 2 aromatic rings. The Morgan fingerprint density at radius 1 is 1.00 bits per heavy atom. The summed E-state index contributed by atoms with van der Waals surface area (Å²) in [5.41, 5.74) is 0.972. The fraction of sp³-hybridized carbons (Fsp3) is 0.480. The molecule has 9 nitrogen and oxygen atoms in total. The molecule has 3 amide bonds. The van der Waals surface area contributed by atoms with Gasteiger partial charge in [0.1, 0.15) is 11.6 Å². The minimum absolute atomic E-state index is 0.150. The van der Waals surface area contributed by atoms with Crippen molar-refractivity contribution in [3.63, 3.8) is 0 Å². The number of likely N-dealkylation sites (tertiary alicyclic amines) is 1. The summed E-state index contributed by atoms with van der Waals surface area (Å²) in [5, 5.41) is 5.36. The normalized spacial score (nSPS) is 17.5. The minimum atomic E-state index is -0.691. The van der Waals surface area contributed by atoms with E-state index in [-0.39, 0.29) is 24.3 Å². The van der Waals surface area contributed by atoms with Crippen molar-refractivity contribution >= 4 is 23.4 Å². The predicted molar refractivity (Wildman–Crippen MR) is 128 cm³/mol. The Balaban J connectivity index is 1.24. The lowest BCUT2D eigenvalue weighted by Gasteiger charge is -2.39. The third kappa shape index (κ3) is 6.60. The van der Waals surface area contributed by atoms with E-state index in [9.17, 15) is 18.8 Å². The van der Waals surface area contributed by atoms with E-state index in [2.05, 4.69) is 20.4 Å². The van der Waals surface area contributed by atoms with Crippen LogP contribution in [0.15, 0.2) is 47.1 Å². The molecule has 0 bridgehead atoms. The summed E-state index contributed by atoms with van der Waals surface area (Å²) in [4.78, 5) is 42.4. The van der Waals surface area contributed by atoms with Crippen molar-refractivity contribution in [2.75, 3.05) is 57.3 Å². The van der Waals surface area contributed by atoms with Crippen LogP contribution >= 0.6 is 0 Å². The van der Waals surface area contributed by atoms with Crippen LogP contribution in [0.1, 0.15) is 31.1 Å². The summed E-state index contributed by atoms with van der Waals surface area (Å²) in [7, 11) is 0. The molecule has 10 heteroatoms. The maximum atomic E-state index is 13.2. The van der Waals surface area contributed by atoms with Crippen LogP contribution in [-0.4, -0.2) is 79.9 Å². The quantitative estimate of drug-likeness (QED) is 0.413. The standard InChI is InChI=1S/C25H32FN5O4/c26-19-6-8-20(9-7-19)29-13-15-30(16-14-29)21(22-4-2-17-35-22)18-28-25(34)24(33)27-10-3-12-31-11-1-5-23(31)32/h2,4,6-9,17,21H,1,3,5,10-16,18H2,(H,27,33)(H,28,34)/t21-/m0/s1. The topological polar surface area (TPSA) is 98.1 Å². The van der Waals surface area contributed by atoms with E-state index in [1.807, 2.05) is 6.07 Å². The second-order valence-electron chi connectivity index (χ2n) is 8.83. The highest BCUT2D eigenvalue weighted by molar-refractivity contribution is 6.35. The molecule has 0 unspecified atom stereocenters. The van der Waals surface area contributed by atoms with Gasteiger partial charge in [-0.3, -0.25) is 19.3 Å². The van der Waals surface area contributed by atoms with E-state index in [1.54, 1.807) is 29.4 Å². The van der Waals surface area contributed by atoms with Gasteiger partial charge in [-0.05, 0) is 49.2 Å². The van der Waals surface area contributed by atoms with Gasteiger partial charge in [0, 0.05) is 64.5 Å². The Bertz CT molecular complexity index is 990. The second-order valence-corrected chi connectivity index (χ2v) is 8.83. The van der Waals surface area contributed by atoms with Gasteiger partial charge in [-0.2, -0.15) is 0 Å². The van der Waals surface area contributed by atoms with E-state index >= 15 is 0 Å². The van der Waals surface area contributed by atoms with Gasteiger partial charge in [0.25, 0.3) is 0 Å². The Morgan fingerprint density at radius 3 is 2.40 bits per heavy atom. The molecule has 35 heavy (non-hydrogen) atoms. The zero-order valence-electron chi connectivity index (χ0n) is 19.7. The summed E-state index contributed by atoms with van der Waals surface area (Å²) < 4.78 is 18.9. The van der Waals surface area contributed by atoms with Gasteiger partial charge >= 0.3 is 11.8 Å². The minimum Gasteiger partial charge on any atom is -0.468 e. The van der Waals surface area contributed by atoms with Crippen LogP contribution in [0.3, 0.4) is 0 Å². The molecule has 2 N–H and O–H groups in total.